The maximum absolute atomic E-state index is 6.02. The normalized spacial score (nSPS) is 35.0. The molecule has 0 saturated heterocycles. The van der Waals surface area contributed by atoms with E-state index in [1.54, 1.807) is 0 Å². The molecule has 0 aromatic heterocycles. The van der Waals surface area contributed by atoms with E-state index in [0.717, 1.165) is 11.6 Å². The topological polar surface area (TPSA) is 26.0 Å². The molecule has 68 valence electrons. The lowest BCUT2D eigenvalue weighted by Gasteiger charge is -2.24. The lowest BCUT2D eigenvalue weighted by atomic mass is 9.81. The fourth-order valence-corrected chi connectivity index (χ4v) is 3.30. The van der Waals surface area contributed by atoms with Gasteiger partial charge in [-0.1, -0.05) is 19.1 Å². The molecule has 1 nitrogen and oxygen atoms in total. The molecule has 0 radical (unpaired) electrons. The number of benzene rings is 1. The van der Waals surface area contributed by atoms with Gasteiger partial charge in [-0.05, 0) is 47.8 Å². The van der Waals surface area contributed by atoms with Crippen molar-refractivity contribution < 1.29 is 0 Å². The zero-order valence-corrected chi connectivity index (χ0v) is 8.01. The lowest BCUT2D eigenvalue weighted by Crippen LogP contribution is -2.16. The van der Waals surface area contributed by atoms with Crippen LogP contribution in [0.3, 0.4) is 0 Å². The average Bonchev–Trinajstić information content (AvgIpc) is 2.59. The van der Waals surface area contributed by atoms with E-state index in [1.807, 2.05) is 6.07 Å². The summed E-state index contributed by atoms with van der Waals surface area (Å²) in [5.74, 6) is 0.765. The summed E-state index contributed by atoms with van der Waals surface area (Å²) in [5, 5.41) is 0. The standard InChI is InChI=1S/C12H15N/c1-12-6-5-8(7-12)11-9(12)3-2-4-10(11)13/h2-4,8H,5-7,13H2,1H3. The van der Waals surface area contributed by atoms with Gasteiger partial charge in [-0.15, -0.1) is 0 Å². The van der Waals surface area contributed by atoms with Crippen LogP contribution in [-0.4, -0.2) is 0 Å². The maximum Gasteiger partial charge on any atom is 0.0352 e. The summed E-state index contributed by atoms with van der Waals surface area (Å²) in [6.45, 7) is 2.39. The predicted molar refractivity (Wildman–Crippen MR) is 54.8 cm³/mol. The van der Waals surface area contributed by atoms with Crippen LogP contribution in [0.1, 0.15) is 43.2 Å². The van der Waals surface area contributed by atoms with Gasteiger partial charge < -0.3 is 5.73 Å². The van der Waals surface area contributed by atoms with Crippen molar-refractivity contribution >= 4 is 5.69 Å². The summed E-state index contributed by atoms with van der Waals surface area (Å²) in [4.78, 5) is 0. The van der Waals surface area contributed by atoms with E-state index < -0.39 is 0 Å². The Balaban J connectivity index is 2.30. The minimum absolute atomic E-state index is 0.454. The molecule has 2 bridgehead atoms. The predicted octanol–water partition coefficient (Wildman–Crippen LogP) is 2.81. The molecule has 2 atom stereocenters. The molecule has 2 N–H and O–H groups in total. The van der Waals surface area contributed by atoms with Gasteiger partial charge in [0.25, 0.3) is 0 Å². The quantitative estimate of drug-likeness (QED) is 0.600. The van der Waals surface area contributed by atoms with Gasteiger partial charge in [0.2, 0.25) is 0 Å². The van der Waals surface area contributed by atoms with Gasteiger partial charge >= 0.3 is 0 Å². The minimum atomic E-state index is 0.454. The number of hydrogen-bond donors (Lipinski definition) is 1. The van der Waals surface area contributed by atoms with Gasteiger partial charge in [0.15, 0.2) is 0 Å². The molecule has 2 aliphatic carbocycles. The molecule has 1 heteroatoms. The van der Waals surface area contributed by atoms with E-state index in [2.05, 4.69) is 19.1 Å². The molecule has 2 aliphatic rings. The minimum Gasteiger partial charge on any atom is -0.398 e. The number of anilines is 1. The Morgan fingerprint density at radius 3 is 3.08 bits per heavy atom. The number of rotatable bonds is 0. The molecule has 0 spiro atoms. The Labute approximate surface area is 78.9 Å². The first-order valence-corrected chi connectivity index (χ1v) is 5.09. The average molecular weight is 173 g/mol. The first kappa shape index (κ1) is 7.43. The van der Waals surface area contributed by atoms with Crippen molar-refractivity contribution in [2.24, 2.45) is 0 Å². The first-order chi connectivity index (χ1) is 6.21. The van der Waals surface area contributed by atoms with Gasteiger partial charge in [-0.3, -0.25) is 0 Å². The van der Waals surface area contributed by atoms with Crippen molar-refractivity contribution in [2.75, 3.05) is 5.73 Å². The highest BCUT2D eigenvalue weighted by atomic mass is 14.6. The third-order valence-electron chi connectivity index (χ3n) is 3.94. The molecule has 1 fully saturated rings. The molecule has 2 unspecified atom stereocenters. The van der Waals surface area contributed by atoms with E-state index in [9.17, 15) is 0 Å². The molecular formula is C12H15N. The molecule has 0 amide bonds. The largest absolute Gasteiger partial charge is 0.398 e. The van der Waals surface area contributed by atoms with Crippen molar-refractivity contribution in [2.45, 2.75) is 37.5 Å². The van der Waals surface area contributed by atoms with E-state index in [-0.39, 0.29) is 0 Å². The van der Waals surface area contributed by atoms with Crippen LogP contribution in [0.5, 0.6) is 0 Å². The Hall–Kier alpha value is -0.980. The van der Waals surface area contributed by atoms with Crippen LogP contribution in [0, 0.1) is 0 Å². The second-order valence-electron chi connectivity index (χ2n) is 4.81. The summed E-state index contributed by atoms with van der Waals surface area (Å²) in [6, 6.07) is 6.41. The van der Waals surface area contributed by atoms with Crippen LogP contribution in [0.2, 0.25) is 0 Å². The molecule has 1 aromatic rings. The highest BCUT2D eigenvalue weighted by Crippen LogP contribution is 2.58. The van der Waals surface area contributed by atoms with Crippen LogP contribution >= 0.6 is 0 Å². The molecule has 1 aromatic carbocycles. The highest BCUT2D eigenvalue weighted by Gasteiger charge is 2.46. The van der Waals surface area contributed by atoms with Gasteiger partial charge in [-0.2, -0.15) is 0 Å². The smallest absolute Gasteiger partial charge is 0.0352 e. The monoisotopic (exact) mass is 173 g/mol. The van der Waals surface area contributed by atoms with E-state index in [4.69, 9.17) is 5.73 Å². The molecule has 1 saturated carbocycles. The second kappa shape index (κ2) is 2.09. The van der Waals surface area contributed by atoms with Crippen molar-refractivity contribution in [3.63, 3.8) is 0 Å². The van der Waals surface area contributed by atoms with E-state index >= 15 is 0 Å². The Morgan fingerprint density at radius 2 is 2.31 bits per heavy atom. The number of nitrogens with two attached hydrogens (primary N) is 1. The SMILES string of the molecule is CC12CCC(C1)c1c(N)cccc12. The van der Waals surface area contributed by atoms with Gasteiger partial charge in [0, 0.05) is 5.69 Å². The van der Waals surface area contributed by atoms with Crippen LogP contribution in [-0.2, 0) is 5.41 Å². The Kier molecular flexibility index (Phi) is 1.19. The van der Waals surface area contributed by atoms with Crippen LogP contribution in [0.25, 0.3) is 0 Å². The van der Waals surface area contributed by atoms with Crippen molar-refractivity contribution in [3.8, 4) is 0 Å². The van der Waals surface area contributed by atoms with Crippen molar-refractivity contribution in [1.29, 1.82) is 0 Å². The summed E-state index contributed by atoms with van der Waals surface area (Å²) < 4.78 is 0. The zero-order valence-electron chi connectivity index (χ0n) is 8.01. The van der Waals surface area contributed by atoms with E-state index in [0.29, 0.717) is 5.41 Å². The van der Waals surface area contributed by atoms with Crippen molar-refractivity contribution in [1.82, 2.24) is 0 Å². The third-order valence-corrected chi connectivity index (χ3v) is 3.94. The van der Waals surface area contributed by atoms with Crippen LogP contribution in [0.4, 0.5) is 5.69 Å². The summed E-state index contributed by atoms with van der Waals surface area (Å²) in [7, 11) is 0. The second-order valence-corrected chi connectivity index (χ2v) is 4.81. The highest BCUT2D eigenvalue weighted by molar-refractivity contribution is 5.59. The molecule has 13 heavy (non-hydrogen) atoms. The first-order valence-electron chi connectivity index (χ1n) is 5.09. The summed E-state index contributed by atoms with van der Waals surface area (Å²) in [5.41, 5.74) is 10.5. The van der Waals surface area contributed by atoms with Gasteiger partial charge in [0.05, 0.1) is 0 Å². The summed E-state index contributed by atoms with van der Waals surface area (Å²) >= 11 is 0. The van der Waals surface area contributed by atoms with Gasteiger partial charge in [0.1, 0.15) is 0 Å². The van der Waals surface area contributed by atoms with Gasteiger partial charge in [-0.25, -0.2) is 0 Å². The number of fused-ring (bicyclic) bond motifs is 5. The lowest BCUT2D eigenvalue weighted by molar-refractivity contribution is 0.505. The number of nitrogen functional groups attached to an aromatic ring is 1. The molecular weight excluding hydrogens is 158 g/mol. The zero-order chi connectivity index (χ0) is 9.05. The molecule has 0 heterocycles. The Bertz CT molecular complexity index is 369. The fraction of sp³-hybridized carbons (Fsp3) is 0.500. The fourth-order valence-electron chi connectivity index (χ4n) is 3.30. The van der Waals surface area contributed by atoms with Crippen LogP contribution in [0.15, 0.2) is 18.2 Å². The third kappa shape index (κ3) is 0.775. The van der Waals surface area contributed by atoms with Crippen molar-refractivity contribution in [3.05, 3.63) is 29.3 Å². The molecule has 0 aliphatic heterocycles. The maximum atomic E-state index is 6.02. The number of hydrogen-bond acceptors (Lipinski definition) is 1. The Morgan fingerprint density at radius 1 is 1.46 bits per heavy atom. The van der Waals surface area contributed by atoms with Crippen LogP contribution < -0.4 is 5.73 Å². The summed E-state index contributed by atoms with van der Waals surface area (Å²) in [6.07, 6.45) is 4.03. The van der Waals surface area contributed by atoms with E-state index in [1.165, 1.54) is 30.4 Å². The molecule has 3 rings (SSSR count).